The summed E-state index contributed by atoms with van der Waals surface area (Å²) in [6.07, 6.45) is 3.02. The van der Waals surface area contributed by atoms with Crippen LogP contribution < -0.4 is 10.0 Å². The van der Waals surface area contributed by atoms with Crippen LogP contribution >= 0.6 is 0 Å². The Morgan fingerprint density at radius 2 is 2.05 bits per heavy atom. The molecule has 7 heteroatoms. The first kappa shape index (κ1) is 14.5. The first-order valence-corrected chi connectivity index (χ1v) is 7.82. The van der Waals surface area contributed by atoms with Crippen LogP contribution in [-0.4, -0.2) is 25.0 Å². The van der Waals surface area contributed by atoms with Gasteiger partial charge >= 0.3 is 0 Å². The van der Waals surface area contributed by atoms with Gasteiger partial charge in [0.2, 0.25) is 0 Å². The van der Waals surface area contributed by atoms with Crippen molar-refractivity contribution >= 4 is 15.7 Å². The Labute approximate surface area is 118 Å². The number of imidazole rings is 1. The summed E-state index contributed by atoms with van der Waals surface area (Å²) in [5.74, 6) is 0. The van der Waals surface area contributed by atoms with E-state index in [1.165, 1.54) is 12.5 Å². The fourth-order valence-corrected chi connectivity index (χ4v) is 2.87. The van der Waals surface area contributed by atoms with Crippen molar-refractivity contribution in [3.8, 4) is 0 Å². The van der Waals surface area contributed by atoms with E-state index in [1.807, 2.05) is 26.1 Å². The number of benzene rings is 1. The van der Waals surface area contributed by atoms with Crippen LogP contribution in [0.25, 0.3) is 0 Å². The fraction of sp³-hybridized carbons (Fsp3) is 0.308. The lowest BCUT2D eigenvalue weighted by atomic mass is 10.2. The Morgan fingerprint density at radius 3 is 2.70 bits per heavy atom. The largest absolute Gasteiger partial charge is 0.336 e. The van der Waals surface area contributed by atoms with Gasteiger partial charge in [-0.2, -0.15) is 8.42 Å². The van der Waals surface area contributed by atoms with Gasteiger partial charge in [0, 0.05) is 19.3 Å². The summed E-state index contributed by atoms with van der Waals surface area (Å²) in [5, 5.41) is 3.04. The molecule has 0 radical (unpaired) electrons. The van der Waals surface area contributed by atoms with Crippen molar-refractivity contribution in [1.29, 1.82) is 0 Å². The first-order valence-electron chi connectivity index (χ1n) is 6.34. The molecule has 1 aromatic heterocycles. The highest BCUT2D eigenvalue weighted by molar-refractivity contribution is 7.92. The average molecular weight is 294 g/mol. The normalized spacial score (nSPS) is 11.5. The molecule has 2 rings (SSSR count). The van der Waals surface area contributed by atoms with Gasteiger partial charge in [0.05, 0.1) is 12.0 Å². The zero-order valence-electron chi connectivity index (χ0n) is 11.5. The molecule has 1 aromatic carbocycles. The second-order valence-corrected chi connectivity index (χ2v) is 5.96. The molecule has 108 valence electrons. The number of hydrogen-bond donors (Lipinski definition) is 2. The molecule has 0 bridgehead atoms. The van der Waals surface area contributed by atoms with Crippen LogP contribution in [-0.2, 0) is 23.1 Å². The molecule has 6 nitrogen and oxygen atoms in total. The quantitative estimate of drug-likeness (QED) is 0.845. The lowest BCUT2D eigenvalue weighted by Gasteiger charge is -2.11. The number of para-hydroxylation sites is 1. The van der Waals surface area contributed by atoms with Crippen molar-refractivity contribution in [1.82, 2.24) is 14.9 Å². The SMILES string of the molecule is CCn1cnc(S(=O)(=O)Nc2ccccc2CNC)c1. The lowest BCUT2D eigenvalue weighted by Crippen LogP contribution is -2.16. The summed E-state index contributed by atoms with van der Waals surface area (Å²) in [4.78, 5) is 3.93. The van der Waals surface area contributed by atoms with Crippen LogP contribution in [0.3, 0.4) is 0 Å². The van der Waals surface area contributed by atoms with Crippen LogP contribution in [0.1, 0.15) is 12.5 Å². The molecule has 0 aliphatic carbocycles. The number of nitrogens with one attached hydrogen (secondary N) is 2. The number of rotatable bonds is 6. The van der Waals surface area contributed by atoms with Gasteiger partial charge in [-0.25, -0.2) is 4.98 Å². The maximum Gasteiger partial charge on any atom is 0.280 e. The van der Waals surface area contributed by atoms with E-state index in [1.54, 1.807) is 16.7 Å². The highest BCUT2D eigenvalue weighted by Gasteiger charge is 2.18. The zero-order valence-corrected chi connectivity index (χ0v) is 12.3. The minimum atomic E-state index is -3.65. The molecule has 0 aliphatic heterocycles. The van der Waals surface area contributed by atoms with Gasteiger partial charge in [0.25, 0.3) is 10.0 Å². The van der Waals surface area contributed by atoms with Gasteiger partial charge in [-0.3, -0.25) is 4.72 Å². The van der Waals surface area contributed by atoms with E-state index in [-0.39, 0.29) is 5.03 Å². The smallest absolute Gasteiger partial charge is 0.280 e. The van der Waals surface area contributed by atoms with Gasteiger partial charge in [-0.15, -0.1) is 0 Å². The third-order valence-electron chi connectivity index (χ3n) is 2.88. The van der Waals surface area contributed by atoms with Crippen LogP contribution in [0.4, 0.5) is 5.69 Å². The number of hydrogen-bond acceptors (Lipinski definition) is 4. The average Bonchev–Trinajstić information content (AvgIpc) is 2.91. The maximum absolute atomic E-state index is 12.3. The fourth-order valence-electron chi connectivity index (χ4n) is 1.81. The van der Waals surface area contributed by atoms with Crippen molar-refractivity contribution in [2.45, 2.75) is 25.0 Å². The second-order valence-electron chi connectivity index (χ2n) is 4.34. The van der Waals surface area contributed by atoms with E-state index in [4.69, 9.17) is 0 Å². The highest BCUT2D eigenvalue weighted by atomic mass is 32.2. The first-order chi connectivity index (χ1) is 9.56. The molecular weight excluding hydrogens is 276 g/mol. The molecule has 0 unspecified atom stereocenters. The Morgan fingerprint density at radius 1 is 1.30 bits per heavy atom. The topological polar surface area (TPSA) is 76.0 Å². The lowest BCUT2D eigenvalue weighted by molar-refractivity contribution is 0.598. The molecular formula is C13H18N4O2S. The minimum absolute atomic E-state index is 0.0265. The molecule has 0 saturated carbocycles. The molecule has 2 N–H and O–H groups in total. The highest BCUT2D eigenvalue weighted by Crippen LogP contribution is 2.19. The molecule has 1 heterocycles. The zero-order chi connectivity index (χ0) is 14.6. The van der Waals surface area contributed by atoms with Gasteiger partial charge in [-0.05, 0) is 25.6 Å². The maximum atomic E-state index is 12.3. The molecule has 20 heavy (non-hydrogen) atoms. The van der Waals surface area contributed by atoms with Crippen LogP contribution in [0, 0.1) is 0 Å². The van der Waals surface area contributed by atoms with Crippen molar-refractivity contribution < 1.29 is 8.42 Å². The number of anilines is 1. The molecule has 0 fully saturated rings. The summed E-state index contributed by atoms with van der Waals surface area (Å²) in [6, 6.07) is 7.28. The third kappa shape index (κ3) is 3.17. The Kier molecular flexibility index (Phi) is 4.41. The third-order valence-corrected chi connectivity index (χ3v) is 4.13. The van der Waals surface area contributed by atoms with Crippen molar-refractivity contribution in [3.05, 3.63) is 42.4 Å². The van der Waals surface area contributed by atoms with Gasteiger partial charge in [-0.1, -0.05) is 18.2 Å². The van der Waals surface area contributed by atoms with E-state index in [9.17, 15) is 8.42 Å². The molecule has 0 saturated heterocycles. The summed E-state index contributed by atoms with van der Waals surface area (Å²) >= 11 is 0. The number of nitrogens with zero attached hydrogens (tertiary/aromatic N) is 2. The predicted molar refractivity (Wildman–Crippen MR) is 77.9 cm³/mol. The second kappa shape index (κ2) is 6.06. The summed E-state index contributed by atoms with van der Waals surface area (Å²) in [5.41, 5.74) is 1.45. The number of aryl methyl sites for hydroxylation is 1. The summed E-state index contributed by atoms with van der Waals surface area (Å²) in [6.45, 7) is 3.19. The Balaban J connectivity index is 2.28. The summed E-state index contributed by atoms with van der Waals surface area (Å²) < 4.78 is 28.9. The van der Waals surface area contributed by atoms with Crippen LogP contribution in [0.5, 0.6) is 0 Å². The number of sulfonamides is 1. The Hall–Kier alpha value is -1.86. The van der Waals surface area contributed by atoms with Gasteiger partial charge in [0.15, 0.2) is 5.03 Å². The standard InChI is InChI=1S/C13H18N4O2S/c1-3-17-9-13(15-10-17)20(18,19)16-12-7-5-4-6-11(12)8-14-2/h4-7,9-10,14,16H,3,8H2,1-2H3. The minimum Gasteiger partial charge on any atom is -0.336 e. The monoisotopic (exact) mass is 294 g/mol. The van der Waals surface area contributed by atoms with E-state index >= 15 is 0 Å². The molecule has 0 atom stereocenters. The van der Waals surface area contributed by atoms with E-state index in [0.717, 1.165) is 5.56 Å². The molecule has 0 spiro atoms. The predicted octanol–water partition coefficient (Wildman–Crippen LogP) is 1.42. The van der Waals surface area contributed by atoms with Crippen molar-refractivity contribution in [3.63, 3.8) is 0 Å². The van der Waals surface area contributed by atoms with Crippen molar-refractivity contribution in [2.24, 2.45) is 0 Å². The van der Waals surface area contributed by atoms with Crippen LogP contribution in [0.15, 0.2) is 41.8 Å². The summed E-state index contributed by atoms with van der Waals surface area (Å²) in [7, 11) is -1.84. The van der Waals surface area contributed by atoms with E-state index in [0.29, 0.717) is 18.8 Å². The molecule has 2 aromatic rings. The molecule has 0 aliphatic rings. The van der Waals surface area contributed by atoms with E-state index in [2.05, 4.69) is 15.0 Å². The van der Waals surface area contributed by atoms with Gasteiger partial charge < -0.3 is 9.88 Å². The molecule has 0 amide bonds. The van der Waals surface area contributed by atoms with E-state index < -0.39 is 10.0 Å². The van der Waals surface area contributed by atoms with Crippen molar-refractivity contribution in [2.75, 3.05) is 11.8 Å². The number of aromatic nitrogens is 2. The van der Waals surface area contributed by atoms with Crippen LogP contribution in [0.2, 0.25) is 0 Å². The Bertz CT molecular complexity index is 679. The van der Waals surface area contributed by atoms with Gasteiger partial charge in [0.1, 0.15) is 0 Å².